The summed E-state index contributed by atoms with van der Waals surface area (Å²) in [4.78, 5) is 23.3. The molecule has 0 saturated carbocycles. The van der Waals surface area contributed by atoms with Gasteiger partial charge in [0.2, 0.25) is 5.91 Å². The number of carbonyl (C=O) groups excluding carboxylic acids is 2. The Morgan fingerprint density at radius 2 is 2.42 bits per heavy atom. The zero-order valence-corrected chi connectivity index (χ0v) is 7.21. The molecular weight excluding hydrogens is 158 g/mol. The third kappa shape index (κ3) is 2.22. The van der Waals surface area contributed by atoms with Crippen molar-refractivity contribution in [1.29, 1.82) is 0 Å². The summed E-state index contributed by atoms with van der Waals surface area (Å²) in [6.45, 7) is 2.58. The second-order valence-corrected chi connectivity index (χ2v) is 2.76. The normalized spacial score (nSPS) is 16.8. The van der Waals surface area contributed by atoms with Crippen molar-refractivity contribution >= 4 is 11.9 Å². The summed E-state index contributed by atoms with van der Waals surface area (Å²) in [7, 11) is 0. The van der Waals surface area contributed by atoms with Gasteiger partial charge < -0.3 is 9.64 Å². The molecule has 0 radical (unpaired) electrons. The van der Waals surface area contributed by atoms with Gasteiger partial charge in [0.1, 0.15) is 0 Å². The van der Waals surface area contributed by atoms with Crippen LogP contribution in [-0.4, -0.2) is 30.1 Å². The summed E-state index contributed by atoms with van der Waals surface area (Å²) in [5.74, 6) is -0.173. The van der Waals surface area contributed by atoms with Crippen LogP contribution in [0, 0.1) is 0 Å². The van der Waals surface area contributed by atoms with E-state index in [0.717, 1.165) is 13.0 Å². The highest BCUT2D eigenvalue weighted by molar-refractivity contribution is 5.78. The molecule has 1 amide bonds. The van der Waals surface area contributed by atoms with Gasteiger partial charge >= 0.3 is 5.97 Å². The van der Waals surface area contributed by atoms with Crippen molar-refractivity contribution in [3.8, 4) is 0 Å². The van der Waals surface area contributed by atoms with Crippen LogP contribution in [0.1, 0.15) is 26.2 Å². The molecule has 68 valence electrons. The van der Waals surface area contributed by atoms with E-state index in [4.69, 9.17) is 4.74 Å². The molecule has 0 atom stereocenters. The fourth-order valence-electron chi connectivity index (χ4n) is 1.09. The molecule has 0 unspecified atom stereocenters. The minimum atomic E-state index is -0.255. The Bertz CT molecular complexity index is 191. The lowest BCUT2D eigenvalue weighted by Crippen LogP contribution is -2.28. The first-order valence-corrected chi connectivity index (χ1v) is 4.17. The average molecular weight is 171 g/mol. The minimum absolute atomic E-state index is 0.0823. The molecule has 0 N–H and O–H groups in total. The molecule has 0 aromatic carbocycles. The van der Waals surface area contributed by atoms with Gasteiger partial charge in [-0.3, -0.25) is 9.59 Å². The fourth-order valence-corrected chi connectivity index (χ4v) is 1.09. The van der Waals surface area contributed by atoms with E-state index < -0.39 is 0 Å². The SMILES string of the molecule is CCC(=O)OCN1CCCC1=O. The topological polar surface area (TPSA) is 46.6 Å². The molecule has 0 bridgehead atoms. The molecule has 0 aromatic heterocycles. The molecule has 1 fully saturated rings. The van der Waals surface area contributed by atoms with Crippen LogP contribution in [0.15, 0.2) is 0 Å². The van der Waals surface area contributed by atoms with Gasteiger partial charge in [-0.2, -0.15) is 0 Å². The Morgan fingerprint density at radius 3 is 2.92 bits per heavy atom. The maximum absolute atomic E-state index is 11.0. The summed E-state index contributed by atoms with van der Waals surface area (Å²) >= 11 is 0. The van der Waals surface area contributed by atoms with Crippen molar-refractivity contribution in [2.24, 2.45) is 0 Å². The van der Waals surface area contributed by atoms with Crippen molar-refractivity contribution in [2.45, 2.75) is 26.2 Å². The van der Waals surface area contributed by atoms with Gasteiger partial charge in [-0.25, -0.2) is 0 Å². The Kier molecular flexibility index (Phi) is 3.08. The lowest BCUT2D eigenvalue weighted by molar-refractivity contribution is -0.150. The van der Waals surface area contributed by atoms with Crippen molar-refractivity contribution < 1.29 is 14.3 Å². The fraction of sp³-hybridized carbons (Fsp3) is 0.750. The van der Waals surface area contributed by atoms with Crippen LogP contribution in [0.5, 0.6) is 0 Å². The molecule has 0 aliphatic carbocycles. The van der Waals surface area contributed by atoms with Gasteiger partial charge in [0.25, 0.3) is 0 Å². The van der Waals surface area contributed by atoms with Crippen LogP contribution in [-0.2, 0) is 14.3 Å². The summed E-state index contributed by atoms with van der Waals surface area (Å²) in [5, 5.41) is 0. The molecule has 1 saturated heterocycles. The second kappa shape index (κ2) is 4.09. The zero-order chi connectivity index (χ0) is 8.97. The van der Waals surface area contributed by atoms with Crippen LogP contribution in [0.2, 0.25) is 0 Å². The minimum Gasteiger partial charge on any atom is -0.444 e. The lowest BCUT2D eigenvalue weighted by Gasteiger charge is -2.14. The second-order valence-electron chi connectivity index (χ2n) is 2.76. The van der Waals surface area contributed by atoms with Gasteiger partial charge in [0, 0.05) is 19.4 Å². The monoisotopic (exact) mass is 171 g/mol. The van der Waals surface area contributed by atoms with Crippen molar-refractivity contribution in [2.75, 3.05) is 13.3 Å². The van der Waals surface area contributed by atoms with Gasteiger partial charge in [0.05, 0.1) is 0 Å². The van der Waals surface area contributed by atoms with Crippen LogP contribution in [0.3, 0.4) is 0 Å². The number of likely N-dealkylation sites (tertiary alicyclic amines) is 1. The van der Waals surface area contributed by atoms with E-state index in [2.05, 4.69) is 0 Å². The first-order chi connectivity index (χ1) is 5.74. The number of carbonyl (C=O) groups is 2. The molecule has 0 spiro atoms. The van der Waals surface area contributed by atoms with Crippen molar-refractivity contribution in [3.63, 3.8) is 0 Å². The van der Waals surface area contributed by atoms with E-state index in [-0.39, 0.29) is 18.6 Å². The number of nitrogens with zero attached hydrogens (tertiary/aromatic N) is 1. The Hall–Kier alpha value is -1.06. The number of amides is 1. The van der Waals surface area contributed by atoms with Gasteiger partial charge in [-0.1, -0.05) is 6.92 Å². The van der Waals surface area contributed by atoms with Gasteiger partial charge in [0.15, 0.2) is 6.73 Å². The number of rotatable bonds is 3. The van der Waals surface area contributed by atoms with E-state index in [1.165, 1.54) is 0 Å². The summed E-state index contributed by atoms with van der Waals surface area (Å²) in [6.07, 6.45) is 1.83. The van der Waals surface area contributed by atoms with E-state index in [9.17, 15) is 9.59 Å². The maximum atomic E-state index is 11.0. The Labute approximate surface area is 71.5 Å². The van der Waals surface area contributed by atoms with Crippen LogP contribution in [0.4, 0.5) is 0 Å². The van der Waals surface area contributed by atoms with Gasteiger partial charge in [-0.05, 0) is 6.42 Å². The molecule has 0 aromatic rings. The molecule has 12 heavy (non-hydrogen) atoms. The smallest absolute Gasteiger partial charge is 0.307 e. The van der Waals surface area contributed by atoms with Gasteiger partial charge in [-0.15, -0.1) is 0 Å². The first kappa shape index (κ1) is 9.03. The molecule has 1 aliphatic rings. The van der Waals surface area contributed by atoms with E-state index in [1.807, 2.05) is 0 Å². The predicted octanol–water partition coefficient (Wildman–Crippen LogP) is 0.520. The molecule has 1 heterocycles. The van der Waals surface area contributed by atoms with E-state index in [1.54, 1.807) is 11.8 Å². The largest absolute Gasteiger partial charge is 0.444 e. The van der Waals surface area contributed by atoms with Crippen LogP contribution in [0.25, 0.3) is 0 Å². The summed E-state index contributed by atoms with van der Waals surface area (Å²) in [5.41, 5.74) is 0. The maximum Gasteiger partial charge on any atom is 0.307 e. The van der Waals surface area contributed by atoms with E-state index in [0.29, 0.717) is 12.8 Å². The average Bonchev–Trinajstić information content (AvgIpc) is 2.47. The third-order valence-corrected chi connectivity index (χ3v) is 1.84. The molecular formula is C8H13NO3. The number of hydrogen-bond donors (Lipinski definition) is 0. The molecule has 1 aliphatic heterocycles. The highest BCUT2D eigenvalue weighted by Crippen LogP contribution is 2.08. The number of esters is 1. The van der Waals surface area contributed by atoms with Crippen molar-refractivity contribution in [1.82, 2.24) is 4.90 Å². The molecule has 4 nitrogen and oxygen atoms in total. The molecule has 4 heteroatoms. The van der Waals surface area contributed by atoms with Crippen LogP contribution >= 0.6 is 0 Å². The standard InChI is InChI=1S/C8H13NO3/c1-2-8(11)12-6-9-5-3-4-7(9)10/h2-6H2,1H3. The summed E-state index contributed by atoms with van der Waals surface area (Å²) in [6, 6.07) is 0. The number of hydrogen-bond acceptors (Lipinski definition) is 3. The summed E-state index contributed by atoms with van der Waals surface area (Å²) < 4.78 is 4.81. The number of ether oxygens (including phenoxy) is 1. The Balaban J connectivity index is 2.22. The highest BCUT2D eigenvalue weighted by atomic mass is 16.5. The molecule has 1 rings (SSSR count). The van der Waals surface area contributed by atoms with Crippen LogP contribution < -0.4 is 0 Å². The zero-order valence-electron chi connectivity index (χ0n) is 7.21. The highest BCUT2D eigenvalue weighted by Gasteiger charge is 2.20. The predicted molar refractivity (Wildman–Crippen MR) is 42.2 cm³/mol. The van der Waals surface area contributed by atoms with E-state index >= 15 is 0 Å². The van der Waals surface area contributed by atoms with Crippen molar-refractivity contribution in [3.05, 3.63) is 0 Å². The Morgan fingerprint density at radius 1 is 1.67 bits per heavy atom. The first-order valence-electron chi connectivity index (χ1n) is 4.17. The third-order valence-electron chi connectivity index (χ3n) is 1.84. The quantitative estimate of drug-likeness (QED) is 0.581. The lowest BCUT2D eigenvalue weighted by atomic mass is 10.4.